The molecule has 0 bridgehead atoms. The minimum absolute atomic E-state index is 0.707. The maximum atomic E-state index is 5.38. The van der Waals surface area contributed by atoms with Crippen LogP contribution in [0.15, 0.2) is 30.3 Å². The fraction of sp³-hybridized carbons (Fsp3) is 0.429. The summed E-state index contributed by atoms with van der Waals surface area (Å²) in [6, 6.07) is 8.08. The van der Waals surface area contributed by atoms with Crippen LogP contribution in [0.5, 0.6) is 5.75 Å². The van der Waals surface area contributed by atoms with Crippen LogP contribution in [0.25, 0.3) is 6.08 Å². The Hall–Kier alpha value is -1.32. The first-order valence-electron chi connectivity index (χ1n) is 5.96. The van der Waals surface area contributed by atoms with E-state index in [1.54, 1.807) is 7.11 Å². The predicted octanol–water partition coefficient (Wildman–Crippen LogP) is 2.33. The maximum absolute atomic E-state index is 5.38. The standard InChI is InChI=1S/C14H21NO2/c1-3-17-14-8-6-13(7-9-14)5-4-10-15-11-12-16-2/h4-9,15H,3,10-12H2,1-2H3. The van der Waals surface area contributed by atoms with Crippen LogP contribution < -0.4 is 10.1 Å². The van der Waals surface area contributed by atoms with Gasteiger partial charge < -0.3 is 14.8 Å². The number of nitrogens with one attached hydrogen (secondary N) is 1. The van der Waals surface area contributed by atoms with E-state index in [4.69, 9.17) is 9.47 Å². The third-order valence-electron chi connectivity index (χ3n) is 2.25. The molecule has 0 radical (unpaired) electrons. The molecule has 0 saturated heterocycles. The molecule has 0 aromatic heterocycles. The molecule has 1 aromatic carbocycles. The van der Waals surface area contributed by atoms with Gasteiger partial charge in [0, 0.05) is 20.2 Å². The van der Waals surface area contributed by atoms with Crippen molar-refractivity contribution >= 4 is 6.08 Å². The molecule has 17 heavy (non-hydrogen) atoms. The Labute approximate surface area is 103 Å². The highest BCUT2D eigenvalue weighted by atomic mass is 16.5. The summed E-state index contributed by atoms with van der Waals surface area (Å²) >= 11 is 0. The van der Waals surface area contributed by atoms with E-state index >= 15 is 0 Å². The molecule has 0 amide bonds. The molecule has 3 heteroatoms. The third kappa shape index (κ3) is 6.09. The van der Waals surface area contributed by atoms with Crippen molar-refractivity contribution in [1.82, 2.24) is 5.32 Å². The van der Waals surface area contributed by atoms with Gasteiger partial charge >= 0.3 is 0 Å². The molecule has 3 nitrogen and oxygen atoms in total. The van der Waals surface area contributed by atoms with Crippen molar-refractivity contribution < 1.29 is 9.47 Å². The van der Waals surface area contributed by atoms with Gasteiger partial charge in [-0.25, -0.2) is 0 Å². The third-order valence-corrected chi connectivity index (χ3v) is 2.25. The van der Waals surface area contributed by atoms with Crippen LogP contribution in [0.4, 0.5) is 0 Å². The van der Waals surface area contributed by atoms with Gasteiger partial charge in [0.1, 0.15) is 5.75 Å². The lowest BCUT2D eigenvalue weighted by Crippen LogP contribution is -2.18. The molecule has 0 unspecified atom stereocenters. The second-order valence-corrected chi connectivity index (χ2v) is 3.60. The number of methoxy groups -OCH3 is 1. The molecule has 0 aliphatic rings. The van der Waals surface area contributed by atoms with Gasteiger partial charge in [0.05, 0.1) is 13.2 Å². The van der Waals surface area contributed by atoms with E-state index in [-0.39, 0.29) is 0 Å². The first kappa shape index (κ1) is 13.7. The van der Waals surface area contributed by atoms with Crippen LogP contribution in [0.2, 0.25) is 0 Å². The molecule has 0 atom stereocenters. The monoisotopic (exact) mass is 235 g/mol. The zero-order valence-corrected chi connectivity index (χ0v) is 10.6. The predicted molar refractivity (Wildman–Crippen MR) is 71.4 cm³/mol. The van der Waals surface area contributed by atoms with Crippen LogP contribution in [0, 0.1) is 0 Å². The van der Waals surface area contributed by atoms with Gasteiger partial charge in [0.2, 0.25) is 0 Å². The summed E-state index contributed by atoms with van der Waals surface area (Å²) in [5, 5.41) is 3.25. The molecular weight excluding hydrogens is 214 g/mol. The number of hydrogen-bond acceptors (Lipinski definition) is 3. The van der Waals surface area contributed by atoms with Gasteiger partial charge in [-0.05, 0) is 24.6 Å². The summed E-state index contributed by atoms with van der Waals surface area (Å²) in [6.45, 7) is 5.18. The second kappa shape index (κ2) is 8.79. The first-order valence-corrected chi connectivity index (χ1v) is 5.96. The molecule has 1 rings (SSSR count). The highest BCUT2D eigenvalue weighted by Crippen LogP contribution is 2.12. The molecule has 1 N–H and O–H groups in total. The van der Waals surface area contributed by atoms with Gasteiger partial charge in [0.15, 0.2) is 0 Å². The minimum Gasteiger partial charge on any atom is -0.494 e. The van der Waals surface area contributed by atoms with Crippen molar-refractivity contribution in [2.24, 2.45) is 0 Å². The minimum atomic E-state index is 0.707. The fourth-order valence-electron chi connectivity index (χ4n) is 1.40. The van der Waals surface area contributed by atoms with E-state index in [1.807, 2.05) is 19.1 Å². The van der Waals surface area contributed by atoms with Gasteiger partial charge in [-0.2, -0.15) is 0 Å². The Bertz CT molecular complexity index is 319. The maximum Gasteiger partial charge on any atom is 0.119 e. The largest absolute Gasteiger partial charge is 0.494 e. The molecule has 0 heterocycles. The van der Waals surface area contributed by atoms with Crippen molar-refractivity contribution in [3.8, 4) is 5.75 Å². The van der Waals surface area contributed by atoms with Gasteiger partial charge in [-0.3, -0.25) is 0 Å². The molecular formula is C14H21NO2. The van der Waals surface area contributed by atoms with Gasteiger partial charge in [-0.1, -0.05) is 24.3 Å². The Morgan fingerprint density at radius 2 is 2.00 bits per heavy atom. The van der Waals surface area contributed by atoms with Crippen molar-refractivity contribution in [3.63, 3.8) is 0 Å². The average molecular weight is 235 g/mol. The lowest BCUT2D eigenvalue weighted by atomic mass is 10.2. The number of ether oxygens (including phenoxy) is 2. The normalized spacial score (nSPS) is 10.9. The van der Waals surface area contributed by atoms with E-state index in [0.29, 0.717) is 6.61 Å². The molecule has 0 aliphatic carbocycles. The number of rotatable bonds is 8. The van der Waals surface area contributed by atoms with Crippen LogP contribution >= 0.6 is 0 Å². The van der Waals surface area contributed by atoms with E-state index in [2.05, 4.69) is 29.6 Å². The van der Waals surface area contributed by atoms with E-state index < -0.39 is 0 Å². The molecule has 0 saturated carbocycles. The molecule has 0 spiro atoms. The van der Waals surface area contributed by atoms with E-state index in [0.717, 1.165) is 25.4 Å². The highest BCUT2D eigenvalue weighted by Gasteiger charge is 1.91. The van der Waals surface area contributed by atoms with Crippen molar-refractivity contribution in [2.75, 3.05) is 33.4 Å². The molecule has 0 aliphatic heterocycles. The zero-order chi connectivity index (χ0) is 12.3. The van der Waals surface area contributed by atoms with Crippen LogP contribution in [-0.4, -0.2) is 33.4 Å². The molecule has 94 valence electrons. The van der Waals surface area contributed by atoms with Crippen LogP contribution in [0.1, 0.15) is 12.5 Å². The summed E-state index contributed by atoms with van der Waals surface area (Å²) in [7, 11) is 1.71. The summed E-state index contributed by atoms with van der Waals surface area (Å²) in [5.74, 6) is 0.919. The lowest BCUT2D eigenvalue weighted by molar-refractivity contribution is 0.200. The molecule has 1 aromatic rings. The average Bonchev–Trinajstić information content (AvgIpc) is 2.36. The van der Waals surface area contributed by atoms with Crippen molar-refractivity contribution in [3.05, 3.63) is 35.9 Å². The SMILES string of the molecule is CCOc1ccc(C=CCNCCOC)cc1. The summed E-state index contributed by atoms with van der Waals surface area (Å²) in [4.78, 5) is 0. The zero-order valence-electron chi connectivity index (χ0n) is 10.6. The Balaban J connectivity index is 2.28. The number of benzene rings is 1. The van der Waals surface area contributed by atoms with Crippen LogP contribution in [0.3, 0.4) is 0 Å². The Morgan fingerprint density at radius 1 is 1.24 bits per heavy atom. The second-order valence-electron chi connectivity index (χ2n) is 3.60. The van der Waals surface area contributed by atoms with Crippen molar-refractivity contribution in [1.29, 1.82) is 0 Å². The lowest BCUT2D eigenvalue weighted by Gasteiger charge is -2.02. The van der Waals surface area contributed by atoms with E-state index in [1.165, 1.54) is 5.56 Å². The first-order chi connectivity index (χ1) is 8.36. The summed E-state index contributed by atoms with van der Waals surface area (Å²) in [6.07, 6.45) is 4.20. The summed E-state index contributed by atoms with van der Waals surface area (Å²) < 4.78 is 10.3. The quantitative estimate of drug-likeness (QED) is 0.702. The van der Waals surface area contributed by atoms with E-state index in [9.17, 15) is 0 Å². The summed E-state index contributed by atoms with van der Waals surface area (Å²) in [5.41, 5.74) is 1.18. The smallest absolute Gasteiger partial charge is 0.119 e. The van der Waals surface area contributed by atoms with Gasteiger partial charge in [-0.15, -0.1) is 0 Å². The fourth-order valence-corrected chi connectivity index (χ4v) is 1.40. The number of hydrogen-bond donors (Lipinski definition) is 1. The Morgan fingerprint density at radius 3 is 2.65 bits per heavy atom. The Kier molecular flexibility index (Phi) is 7.11. The molecule has 0 fully saturated rings. The van der Waals surface area contributed by atoms with Crippen LogP contribution in [-0.2, 0) is 4.74 Å². The highest BCUT2D eigenvalue weighted by molar-refractivity contribution is 5.50. The topological polar surface area (TPSA) is 30.5 Å². The van der Waals surface area contributed by atoms with Crippen molar-refractivity contribution in [2.45, 2.75) is 6.92 Å². The van der Waals surface area contributed by atoms with Gasteiger partial charge in [0.25, 0.3) is 0 Å².